The Kier molecular flexibility index (Phi) is 20.9. The zero-order chi connectivity index (χ0) is 23.9. The molecule has 0 aliphatic rings. The van der Waals surface area contributed by atoms with E-state index < -0.39 is 12.0 Å². The number of carboxylic acids is 1. The Bertz CT molecular complexity index is 604. The van der Waals surface area contributed by atoms with Gasteiger partial charge in [0.25, 0.3) is 0 Å². The first kappa shape index (κ1) is 30.1. The maximum absolute atomic E-state index is 11.9. The Balaban J connectivity index is 3.55. The quantitative estimate of drug-likeness (QED) is 0.168. The Morgan fingerprint density at radius 1 is 0.750 bits per heavy atom. The van der Waals surface area contributed by atoms with Crippen LogP contribution in [0.5, 0.6) is 0 Å². The molecule has 0 bridgehead atoms. The summed E-state index contributed by atoms with van der Waals surface area (Å²) in [6.45, 7) is 6.16. The van der Waals surface area contributed by atoms with Gasteiger partial charge in [0.05, 0.1) is 0 Å². The number of hydrogen-bond donors (Lipinski definition) is 2. The lowest BCUT2D eigenvalue weighted by atomic mass is 10.0. The molecule has 182 valence electrons. The molecule has 0 aromatic heterocycles. The number of rotatable bonds is 19. The van der Waals surface area contributed by atoms with Crippen molar-refractivity contribution in [1.82, 2.24) is 5.32 Å². The third-order valence-corrected chi connectivity index (χ3v) is 5.44. The summed E-state index contributed by atoms with van der Waals surface area (Å²) in [6, 6.07) is -0.770. The summed E-state index contributed by atoms with van der Waals surface area (Å²) in [6.07, 6.45) is 18.3. The number of carbonyl (C=O) groups is 2. The van der Waals surface area contributed by atoms with Gasteiger partial charge < -0.3 is 10.4 Å². The van der Waals surface area contributed by atoms with E-state index in [0.717, 1.165) is 51.4 Å². The summed E-state index contributed by atoms with van der Waals surface area (Å²) >= 11 is 0. The molecular weight excluding hydrogens is 398 g/mol. The van der Waals surface area contributed by atoms with Crippen LogP contribution in [0.3, 0.4) is 0 Å². The fraction of sp³-hybridized carbons (Fsp3) is 0.786. The van der Waals surface area contributed by atoms with Crippen LogP contribution in [0, 0.1) is 29.6 Å². The molecule has 0 saturated carbocycles. The molecule has 0 saturated heterocycles. The average Bonchev–Trinajstić information content (AvgIpc) is 2.74. The van der Waals surface area contributed by atoms with E-state index in [1.165, 1.54) is 44.9 Å². The largest absolute Gasteiger partial charge is 0.480 e. The van der Waals surface area contributed by atoms with Crippen LogP contribution in [0.1, 0.15) is 130 Å². The van der Waals surface area contributed by atoms with Crippen LogP contribution < -0.4 is 5.32 Å². The molecule has 1 unspecified atom stereocenters. The highest BCUT2D eigenvalue weighted by Crippen LogP contribution is 2.10. The standard InChI is InChI=1S/C28H47NO3/c1-4-5-6-7-8-9-10-11-12-13-14-15-16-17-18-19-20-21-22-23-27(30)29-26(28(31)32)24-25(2)3/h25-26H,4-11,16-24H2,1-3H3,(H,29,30)(H,31,32). The van der Waals surface area contributed by atoms with E-state index in [4.69, 9.17) is 0 Å². The van der Waals surface area contributed by atoms with Crippen LogP contribution in [-0.4, -0.2) is 23.0 Å². The van der Waals surface area contributed by atoms with Gasteiger partial charge in [-0.3, -0.25) is 4.79 Å². The van der Waals surface area contributed by atoms with Gasteiger partial charge in [-0.25, -0.2) is 4.79 Å². The van der Waals surface area contributed by atoms with Gasteiger partial charge >= 0.3 is 5.97 Å². The molecule has 0 aromatic carbocycles. The molecule has 0 radical (unpaired) electrons. The van der Waals surface area contributed by atoms with Gasteiger partial charge in [0.1, 0.15) is 6.04 Å². The Labute approximate surface area is 197 Å². The van der Waals surface area contributed by atoms with E-state index in [1.807, 2.05) is 13.8 Å². The van der Waals surface area contributed by atoms with E-state index in [0.29, 0.717) is 12.8 Å². The highest BCUT2D eigenvalue weighted by atomic mass is 16.4. The molecule has 0 aliphatic heterocycles. The molecule has 0 aromatic rings. The number of aliphatic carboxylic acids is 1. The van der Waals surface area contributed by atoms with Gasteiger partial charge in [0.15, 0.2) is 0 Å². The van der Waals surface area contributed by atoms with Gasteiger partial charge in [-0.2, -0.15) is 0 Å². The first-order valence-corrected chi connectivity index (χ1v) is 12.9. The summed E-state index contributed by atoms with van der Waals surface area (Å²) in [4.78, 5) is 23.1. The summed E-state index contributed by atoms with van der Waals surface area (Å²) in [7, 11) is 0. The molecule has 1 atom stereocenters. The molecule has 32 heavy (non-hydrogen) atoms. The SMILES string of the molecule is CCCCCCCCCC#CC#CCCCCCCCCC(=O)NC(CC(C)C)C(=O)O. The first-order valence-electron chi connectivity index (χ1n) is 12.9. The number of carboxylic acid groups (broad SMARTS) is 1. The maximum atomic E-state index is 11.9. The highest BCUT2D eigenvalue weighted by Gasteiger charge is 2.20. The normalized spacial score (nSPS) is 11.2. The fourth-order valence-corrected chi connectivity index (χ4v) is 3.55. The van der Waals surface area contributed by atoms with Gasteiger partial charge in [-0.15, -0.1) is 0 Å². The number of hydrogen-bond acceptors (Lipinski definition) is 2. The Morgan fingerprint density at radius 3 is 1.69 bits per heavy atom. The lowest BCUT2D eigenvalue weighted by Crippen LogP contribution is -2.41. The van der Waals surface area contributed by atoms with Crippen LogP contribution in [0.25, 0.3) is 0 Å². The molecule has 0 aliphatic carbocycles. The number of unbranched alkanes of at least 4 members (excludes halogenated alkanes) is 13. The molecule has 2 N–H and O–H groups in total. The number of amides is 1. The predicted octanol–water partition coefficient (Wildman–Crippen LogP) is 6.87. The predicted molar refractivity (Wildman–Crippen MR) is 134 cm³/mol. The lowest BCUT2D eigenvalue weighted by Gasteiger charge is -2.16. The molecule has 0 spiro atoms. The lowest BCUT2D eigenvalue weighted by molar-refractivity contribution is -0.142. The van der Waals surface area contributed by atoms with E-state index in [9.17, 15) is 14.7 Å². The minimum absolute atomic E-state index is 0.151. The molecule has 4 nitrogen and oxygen atoms in total. The minimum Gasteiger partial charge on any atom is -0.480 e. The third-order valence-electron chi connectivity index (χ3n) is 5.44. The van der Waals surface area contributed by atoms with Crippen molar-refractivity contribution in [3.05, 3.63) is 0 Å². The molecule has 0 rings (SSSR count). The van der Waals surface area contributed by atoms with Gasteiger partial charge in [-0.05, 0) is 43.4 Å². The summed E-state index contributed by atoms with van der Waals surface area (Å²) < 4.78 is 0. The van der Waals surface area contributed by atoms with Crippen molar-refractivity contribution in [1.29, 1.82) is 0 Å². The fourth-order valence-electron chi connectivity index (χ4n) is 3.55. The van der Waals surface area contributed by atoms with Crippen molar-refractivity contribution in [3.8, 4) is 23.7 Å². The molecule has 0 heterocycles. The smallest absolute Gasteiger partial charge is 0.326 e. The zero-order valence-electron chi connectivity index (χ0n) is 20.9. The van der Waals surface area contributed by atoms with Crippen LogP contribution in [0.2, 0.25) is 0 Å². The van der Waals surface area contributed by atoms with Crippen molar-refractivity contribution in [2.45, 2.75) is 136 Å². The average molecular weight is 446 g/mol. The van der Waals surface area contributed by atoms with Gasteiger partial charge in [0.2, 0.25) is 5.91 Å². The maximum Gasteiger partial charge on any atom is 0.326 e. The molecular formula is C28H47NO3. The topological polar surface area (TPSA) is 66.4 Å². The van der Waals surface area contributed by atoms with E-state index in [2.05, 4.69) is 35.9 Å². The Morgan fingerprint density at radius 2 is 1.22 bits per heavy atom. The molecule has 1 amide bonds. The zero-order valence-corrected chi connectivity index (χ0v) is 20.9. The second-order valence-corrected chi connectivity index (χ2v) is 9.18. The van der Waals surface area contributed by atoms with E-state index in [1.54, 1.807) is 0 Å². The van der Waals surface area contributed by atoms with Gasteiger partial charge in [0, 0.05) is 19.3 Å². The van der Waals surface area contributed by atoms with Crippen LogP contribution >= 0.6 is 0 Å². The van der Waals surface area contributed by atoms with Crippen molar-refractivity contribution in [2.24, 2.45) is 5.92 Å². The monoisotopic (exact) mass is 445 g/mol. The second-order valence-electron chi connectivity index (χ2n) is 9.18. The van der Waals surface area contributed by atoms with Crippen molar-refractivity contribution in [3.63, 3.8) is 0 Å². The van der Waals surface area contributed by atoms with E-state index in [-0.39, 0.29) is 11.8 Å². The first-order chi connectivity index (χ1) is 15.5. The molecule has 0 fully saturated rings. The van der Waals surface area contributed by atoms with Crippen LogP contribution in [0.4, 0.5) is 0 Å². The minimum atomic E-state index is -0.950. The summed E-state index contributed by atoms with van der Waals surface area (Å²) in [5, 5.41) is 11.8. The molecule has 4 heteroatoms. The van der Waals surface area contributed by atoms with Crippen molar-refractivity contribution < 1.29 is 14.7 Å². The second kappa shape index (κ2) is 22.3. The highest BCUT2D eigenvalue weighted by molar-refractivity contribution is 5.83. The number of nitrogens with one attached hydrogen (secondary N) is 1. The van der Waals surface area contributed by atoms with E-state index >= 15 is 0 Å². The van der Waals surface area contributed by atoms with Crippen LogP contribution in [0.15, 0.2) is 0 Å². The number of carbonyl (C=O) groups excluding carboxylic acids is 1. The summed E-state index contributed by atoms with van der Waals surface area (Å²) in [5.74, 6) is 11.4. The van der Waals surface area contributed by atoms with Crippen molar-refractivity contribution >= 4 is 11.9 Å². The Hall–Kier alpha value is -1.94. The van der Waals surface area contributed by atoms with Crippen molar-refractivity contribution in [2.75, 3.05) is 0 Å². The van der Waals surface area contributed by atoms with Crippen LogP contribution in [-0.2, 0) is 9.59 Å². The van der Waals surface area contributed by atoms with Gasteiger partial charge in [-0.1, -0.05) is 96.8 Å². The third kappa shape index (κ3) is 21.3. The summed E-state index contributed by atoms with van der Waals surface area (Å²) in [5.41, 5.74) is 0.